The van der Waals surface area contributed by atoms with Crippen LogP contribution in [0.3, 0.4) is 0 Å². The van der Waals surface area contributed by atoms with Crippen molar-refractivity contribution in [3.63, 3.8) is 0 Å². The molecule has 0 unspecified atom stereocenters. The second-order valence-electron chi connectivity index (χ2n) is 5.96. The fourth-order valence-corrected chi connectivity index (χ4v) is 3.96. The number of hydrogen-bond acceptors (Lipinski definition) is 3. The molecule has 1 saturated carbocycles. The van der Waals surface area contributed by atoms with Crippen molar-refractivity contribution >= 4 is 37.5 Å². The predicted molar refractivity (Wildman–Crippen MR) is 96.6 cm³/mol. The SMILES string of the molecule is Cc1ccc(NC(=O)c2cc(S(=O)(=O)NC3CC3)ccc2Br)cc1F. The minimum Gasteiger partial charge on any atom is -0.322 e. The lowest BCUT2D eigenvalue weighted by Crippen LogP contribution is -2.26. The minimum atomic E-state index is -3.67. The van der Waals surface area contributed by atoms with Crippen molar-refractivity contribution in [3.05, 3.63) is 57.8 Å². The Morgan fingerprint density at radius 3 is 2.56 bits per heavy atom. The van der Waals surface area contributed by atoms with Crippen molar-refractivity contribution in [2.45, 2.75) is 30.7 Å². The van der Waals surface area contributed by atoms with E-state index < -0.39 is 21.7 Å². The van der Waals surface area contributed by atoms with E-state index in [9.17, 15) is 17.6 Å². The van der Waals surface area contributed by atoms with Gasteiger partial charge in [0, 0.05) is 16.2 Å². The van der Waals surface area contributed by atoms with Crippen LogP contribution in [0.25, 0.3) is 0 Å². The van der Waals surface area contributed by atoms with E-state index in [-0.39, 0.29) is 16.5 Å². The van der Waals surface area contributed by atoms with E-state index >= 15 is 0 Å². The van der Waals surface area contributed by atoms with Crippen molar-refractivity contribution in [2.75, 3.05) is 5.32 Å². The molecule has 1 amide bonds. The van der Waals surface area contributed by atoms with Crippen LogP contribution in [0.1, 0.15) is 28.8 Å². The Bertz CT molecular complexity index is 943. The van der Waals surface area contributed by atoms with Crippen LogP contribution in [-0.2, 0) is 10.0 Å². The highest BCUT2D eigenvalue weighted by atomic mass is 79.9. The highest BCUT2D eigenvalue weighted by Gasteiger charge is 2.28. The number of hydrogen-bond donors (Lipinski definition) is 2. The molecule has 0 heterocycles. The highest BCUT2D eigenvalue weighted by molar-refractivity contribution is 9.10. The molecule has 132 valence electrons. The smallest absolute Gasteiger partial charge is 0.256 e. The van der Waals surface area contributed by atoms with Crippen LogP contribution in [0, 0.1) is 12.7 Å². The van der Waals surface area contributed by atoms with E-state index in [1.54, 1.807) is 19.1 Å². The molecule has 0 aromatic heterocycles. The molecule has 5 nitrogen and oxygen atoms in total. The van der Waals surface area contributed by atoms with Crippen LogP contribution in [0.4, 0.5) is 10.1 Å². The summed E-state index contributed by atoms with van der Waals surface area (Å²) in [5.74, 6) is -0.958. The molecule has 2 N–H and O–H groups in total. The van der Waals surface area contributed by atoms with E-state index in [1.165, 1.54) is 24.3 Å². The van der Waals surface area contributed by atoms with Gasteiger partial charge >= 0.3 is 0 Å². The Morgan fingerprint density at radius 1 is 1.20 bits per heavy atom. The number of carbonyl (C=O) groups excluding carboxylic acids is 1. The average molecular weight is 427 g/mol. The van der Waals surface area contributed by atoms with Gasteiger partial charge in [-0.15, -0.1) is 0 Å². The van der Waals surface area contributed by atoms with E-state index in [0.29, 0.717) is 15.7 Å². The molecular weight excluding hydrogens is 411 g/mol. The maximum absolute atomic E-state index is 13.6. The molecule has 0 atom stereocenters. The van der Waals surface area contributed by atoms with E-state index in [0.717, 1.165) is 12.8 Å². The van der Waals surface area contributed by atoms with Gasteiger partial charge in [0.2, 0.25) is 10.0 Å². The largest absolute Gasteiger partial charge is 0.322 e. The first-order chi connectivity index (χ1) is 11.8. The first-order valence-corrected chi connectivity index (χ1v) is 9.93. The van der Waals surface area contributed by atoms with Crippen molar-refractivity contribution in [1.29, 1.82) is 0 Å². The maximum Gasteiger partial charge on any atom is 0.256 e. The molecule has 8 heteroatoms. The zero-order chi connectivity index (χ0) is 18.2. The zero-order valence-corrected chi connectivity index (χ0v) is 15.7. The average Bonchev–Trinajstić information content (AvgIpc) is 3.34. The molecule has 1 aliphatic carbocycles. The summed E-state index contributed by atoms with van der Waals surface area (Å²) in [6.45, 7) is 1.62. The first-order valence-electron chi connectivity index (χ1n) is 7.65. The number of aryl methyl sites for hydroxylation is 1. The van der Waals surface area contributed by atoms with Crippen LogP contribution in [0.2, 0.25) is 0 Å². The summed E-state index contributed by atoms with van der Waals surface area (Å²) in [6.07, 6.45) is 1.64. The number of anilines is 1. The Labute approximate surface area is 153 Å². The van der Waals surface area contributed by atoms with Crippen LogP contribution in [0.15, 0.2) is 45.8 Å². The standard InChI is InChI=1S/C17H16BrFN2O3S/c1-10-2-3-12(8-16(10)19)20-17(22)14-9-13(6-7-15(14)18)25(23,24)21-11-4-5-11/h2-3,6-9,11,21H,4-5H2,1H3,(H,20,22). The van der Waals surface area contributed by atoms with Crippen molar-refractivity contribution in [3.8, 4) is 0 Å². The van der Waals surface area contributed by atoms with E-state index in [2.05, 4.69) is 26.0 Å². The Hall–Kier alpha value is -1.77. The van der Waals surface area contributed by atoms with Crippen molar-refractivity contribution < 1.29 is 17.6 Å². The number of amides is 1. The summed E-state index contributed by atoms with van der Waals surface area (Å²) in [5.41, 5.74) is 0.919. The number of sulfonamides is 1. The second-order valence-corrected chi connectivity index (χ2v) is 8.52. The van der Waals surface area contributed by atoms with Crippen molar-refractivity contribution in [1.82, 2.24) is 4.72 Å². The Morgan fingerprint density at radius 2 is 1.92 bits per heavy atom. The minimum absolute atomic E-state index is 0.0165. The monoisotopic (exact) mass is 426 g/mol. The second kappa shape index (κ2) is 6.86. The normalized spacial score (nSPS) is 14.4. The van der Waals surface area contributed by atoms with Gasteiger partial charge in [-0.1, -0.05) is 6.07 Å². The van der Waals surface area contributed by atoms with Gasteiger partial charge in [-0.25, -0.2) is 17.5 Å². The van der Waals surface area contributed by atoms with Gasteiger partial charge in [-0.05, 0) is 71.6 Å². The fraction of sp³-hybridized carbons (Fsp3) is 0.235. The Balaban J connectivity index is 1.86. The number of halogens is 2. The number of nitrogens with one attached hydrogen (secondary N) is 2. The summed E-state index contributed by atoms with van der Waals surface area (Å²) in [4.78, 5) is 12.5. The molecule has 2 aromatic carbocycles. The summed E-state index contributed by atoms with van der Waals surface area (Å²) < 4.78 is 41.2. The van der Waals surface area contributed by atoms with Gasteiger partial charge in [0.25, 0.3) is 5.91 Å². The van der Waals surface area contributed by atoms with Gasteiger partial charge in [-0.2, -0.15) is 0 Å². The zero-order valence-electron chi connectivity index (χ0n) is 13.3. The Kier molecular flexibility index (Phi) is 4.95. The molecule has 2 aromatic rings. The highest BCUT2D eigenvalue weighted by Crippen LogP contribution is 2.26. The summed E-state index contributed by atoms with van der Waals surface area (Å²) >= 11 is 3.25. The molecule has 0 bridgehead atoms. The van der Waals surface area contributed by atoms with Crippen LogP contribution in [-0.4, -0.2) is 20.4 Å². The number of benzene rings is 2. The first kappa shape index (κ1) is 18.0. The lowest BCUT2D eigenvalue weighted by Gasteiger charge is -2.11. The van der Waals surface area contributed by atoms with E-state index in [4.69, 9.17) is 0 Å². The van der Waals surface area contributed by atoms with Gasteiger partial charge < -0.3 is 5.32 Å². The van der Waals surface area contributed by atoms with Gasteiger partial charge in [-0.3, -0.25) is 4.79 Å². The van der Waals surface area contributed by atoms with Gasteiger partial charge in [0.1, 0.15) is 5.82 Å². The molecule has 0 radical (unpaired) electrons. The third-order valence-corrected chi connectivity index (χ3v) is 6.03. The van der Waals surface area contributed by atoms with Crippen LogP contribution in [0.5, 0.6) is 0 Å². The number of rotatable bonds is 5. The lowest BCUT2D eigenvalue weighted by molar-refractivity contribution is 0.102. The topological polar surface area (TPSA) is 75.3 Å². The number of carbonyl (C=O) groups is 1. The van der Waals surface area contributed by atoms with E-state index in [1.807, 2.05) is 0 Å². The van der Waals surface area contributed by atoms with Crippen LogP contribution >= 0.6 is 15.9 Å². The molecule has 25 heavy (non-hydrogen) atoms. The molecule has 1 fully saturated rings. The van der Waals surface area contributed by atoms with Crippen LogP contribution < -0.4 is 10.0 Å². The molecule has 0 spiro atoms. The molecule has 0 saturated heterocycles. The third-order valence-electron chi connectivity index (χ3n) is 3.82. The maximum atomic E-state index is 13.6. The summed E-state index contributed by atoms with van der Waals surface area (Å²) in [5, 5.41) is 2.57. The molecular formula is C17H16BrFN2O3S. The van der Waals surface area contributed by atoms with Gasteiger partial charge in [0.05, 0.1) is 10.5 Å². The fourth-order valence-electron chi connectivity index (χ4n) is 2.20. The van der Waals surface area contributed by atoms with Gasteiger partial charge in [0.15, 0.2) is 0 Å². The molecule has 0 aliphatic heterocycles. The summed E-state index contributed by atoms with van der Waals surface area (Å²) in [6, 6.07) is 8.57. The van der Waals surface area contributed by atoms with Crippen molar-refractivity contribution in [2.24, 2.45) is 0 Å². The molecule has 3 rings (SSSR count). The quantitative estimate of drug-likeness (QED) is 0.766. The third kappa shape index (κ3) is 4.26. The predicted octanol–water partition coefficient (Wildman–Crippen LogP) is 3.59. The summed E-state index contributed by atoms with van der Waals surface area (Å²) in [7, 11) is -3.67. The lowest BCUT2D eigenvalue weighted by atomic mass is 10.2. The molecule has 1 aliphatic rings.